The van der Waals surface area contributed by atoms with Crippen LogP contribution >= 0.6 is 0 Å². The van der Waals surface area contributed by atoms with Gasteiger partial charge in [-0.05, 0) is 75.3 Å². The highest BCUT2D eigenvalue weighted by Gasteiger charge is 2.54. The van der Waals surface area contributed by atoms with Gasteiger partial charge in [0, 0.05) is 24.4 Å². The maximum absolute atomic E-state index is 13.6. The molecule has 4 fully saturated rings. The fourth-order valence-electron chi connectivity index (χ4n) is 6.06. The molecule has 0 saturated heterocycles. The number of halogens is 2. The van der Waals surface area contributed by atoms with E-state index in [2.05, 4.69) is 10.6 Å². The molecular weight excluding hydrogens is 390 g/mol. The highest BCUT2D eigenvalue weighted by atomic mass is 19.1. The van der Waals surface area contributed by atoms with E-state index in [1.54, 1.807) is 6.92 Å². The third-order valence-electron chi connectivity index (χ3n) is 6.95. The molecule has 4 aliphatic carbocycles. The first-order valence-corrected chi connectivity index (χ1v) is 11.0. The summed E-state index contributed by atoms with van der Waals surface area (Å²) in [4.78, 5) is 25.1. The van der Waals surface area contributed by atoms with Crippen molar-refractivity contribution in [3.05, 3.63) is 29.8 Å². The minimum absolute atomic E-state index is 0.0552. The van der Waals surface area contributed by atoms with Gasteiger partial charge in [-0.1, -0.05) is 0 Å². The maximum Gasteiger partial charge on any atom is 0.226 e. The Morgan fingerprint density at radius 1 is 1.13 bits per heavy atom. The van der Waals surface area contributed by atoms with E-state index < -0.39 is 11.6 Å². The second kappa shape index (κ2) is 8.52. The Kier molecular flexibility index (Phi) is 5.98. The Bertz CT molecular complexity index is 778. The monoisotopic (exact) mass is 420 g/mol. The largest absolute Gasteiger partial charge is 0.488 e. The average Bonchev–Trinajstić information content (AvgIpc) is 2.66. The summed E-state index contributed by atoms with van der Waals surface area (Å²) in [7, 11) is 0. The van der Waals surface area contributed by atoms with Crippen LogP contribution in [-0.4, -0.2) is 31.0 Å². The number of hydrogen-bond acceptors (Lipinski definition) is 3. The Hall–Kier alpha value is -2.18. The molecule has 1 aromatic carbocycles. The lowest BCUT2D eigenvalue weighted by Crippen LogP contribution is -2.53. The molecule has 1 unspecified atom stereocenters. The molecule has 2 amide bonds. The fourth-order valence-corrected chi connectivity index (χ4v) is 6.06. The molecule has 0 aromatic heterocycles. The lowest BCUT2D eigenvalue weighted by Gasteiger charge is -2.55. The molecule has 164 valence electrons. The molecule has 5 rings (SSSR count). The highest BCUT2D eigenvalue weighted by molar-refractivity contribution is 5.84. The van der Waals surface area contributed by atoms with Gasteiger partial charge in [0.15, 0.2) is 11.6 Å². The predicted molar refractivity (Wildman–Crippen MR) is 108 cm³/mol. The topological polar surface area (TPSA) is 67.4 Å². The summed E-state index contributed by atoms with van der Waals surface area (Å²) >= 11 is 0. The Balaban J connectivity index is 1.17. The van der Waals surface area contributed by atoms with Crippen LogP contribution in [0.3, 0.4) is 0 Å². The molecule has 7 heteroatoms. The SMILES string of the molecule is CC(COc1ccc(F)cc1F)NC(=O)CCNC(=O)C12CC3CC(CC(C3)C1)C2. The number of benzene rings is 1. The smallest absolute Gasteiger partial charge is 0.226 e. The van der Waals surface area contributed by atoms with E-state index in [9.17, 15) is 18.4 Å². The second-order valence-corrected chi connectivity index (χ2v) is 9.56. The number of carbonyl (C=O) groups is 2. The summed E-state index contributed by atoms with van der Waals surface area (Å²) in [6, 6.07) is 2.75. The summed E-state index contributed by atoms with van der Waals surface area (Å²) in [5.74, 6) is 0.540. The Morgan fingerprint density at radius 2 is 1.77 bits per heavy atom. The quantitative estimate of drug-likeness (QED) is 0.676. The van der Waals surface area contributed by atoms with Crippen molar-refractivity contribution in [2.24, 2.45) is 23.2 Å². The first-order valence-electron chi connectivity index (χ1n) is 11.0. The normalized spacial score (nSPS) is 30.0. The van der Waals surface area contributed by atoms with Crippen LogP contribution in [-0.2, 0) is 9.59 Å². The molecule has 0 aliphatic heterocycles. The van der Waals surface area contributed by atoms with Crippen molar-refractivity contribution in [1.29, 1.82) is 0 Å². The molecule has 0 spiro atoms. The zero-order chi connectivity index (χ0) is 21.3. The fraction of sp³-hybridized carbons (Fsp3) is 0.652. The van der Waals surface area contributed by atoms with Gasteiger partial charge in [-0.2, -0.15) is 0 Å². The van der Waals surface area contributed by atoms with Crippen molar-refractivity contribution in [2.45, 2.75) is 57.9 Å². The van der Waals surface area contributed by atoms with Gasteiger partial charge in [0.25, 0.3) is 0 Å². The molecule has 4 bridgehead atoms. The van der Waals surface area contributed by atoms with Crippen LogP contribution in [0.1, 0.15) is 51.9 Å². The van der Waals surface area contributed by atoms with Crippen molar-refractivity contribution >= 4 is 11.8 Å². The Labute approximate surface area is 175 Å². The number of nitrogens with one attached hydrogen (secondary N) is 2. The van der Waals surface area contributed by atoms with Crippen LogP contribution < -0.4 is 15.4 Å². The molecule has 2 N–H and O–H groups in total. The van der Waals surface area contributed by atoms with Gasteiger partial charge < -0.3 is 15.4 Å². The summed E-state index contributed by atoms with van der Waals surface area (Å²) < 4.78 is 31.8. The van der Waals surface area contributed by atoms with Crippen LogP contribution in [0, 0.1) is 34.8 Å². The van der Waals surface area contributed by atoms with Crippen LogP contribution in [0.2, 0.25) is 0 Å². The number of rotatable bonds is 8. The molecule has 1 aromatic rings. The molecule has 4 aliphatic rings. The van der Waals surface area contributed by atoms with E-state index in [0.717, 1.165) is 31.4 Å². The molecule has 0 radical (unpaired) electrons. The van der Waals surface area contributed by atoms with Crippen molar-refractivity contribution in [2.75, 3.05) is 13.2 Å². The predicted octanol–water partition coefficient (Wildman–Crippen LogP) is 3.57. The lowest BCUT2D eigenvalue weighted by atomic mass is 9.49. The standard InChI is InChI=1S/C23H30F2N2O3/c1-14(13-30-20-3-2-18(24)9-19(20)25)27-21(28)4-5-26-22(29)23-10-15-6-16(11-23)8-17(7-15)12-23/h2-3,9,14-17H,4-8,10-13H2,1H3,(H,26,29)(H,27,28). The molecule has 30 heavy (non-hydrogen) atoms. The van der Waals surface area contributed by atoms with Gasteiger partial charge >= 0.3 is 0 Å². The second-order valence-electron chi connectivity index (χ2n) is 9.56. The summed E-state index contributed by atoms with van der Waals surface area (Å²) in [6.07, 6.45) is 7.07. The van der Waals surface area contributed by atoms with Crippen molar-refractivity contribution in [1.82, 2.24) is 10.6 Å². The van der Waals surface area contributed by atoms with Gasteiger partial charge in [-0.25, -0.2) is 8.78 Å². The summed E-state index contributed by atoms with van der Waals surface area (Å²) in [5, 5.41) is 5.78. The number of carbonyl (C=O) groups excluding carboxylic acids is 2. The first kappa shape index (κ1) is 21.1. The van der Waals surface area contributed by atoms with E-state index in [1.165, 1.54) is 25.3 Å². The van der Waals surface area contributed by atoms with Gasteiger partial charge in [0.2, 0.25) is 11.8 Å². The molecule has 1 atom stereocenters. The van der Waals surface area contributed by atoms with Crippen molar-refractivity contribution in [3.8, 4) is 5.75 Å². The molecule has 0 heterocycles. The third kappa shape index (κ3) is 4.60. The minimum atomic E-state index is -0.777. The first-order chi connectivity index (χ1) is 14.3. The van der Waals surface area contributed by atoms with Crippen molar-refractivity contribution < 1.29 is 23.1 Å². The third-order valence-corrected chi connectivity index (χ3v) is 6.95. The van der Waals surface area contributed by atoms with E-state index in [-0.39, 0.29) is 42.0 Å². The van der Waals surface area contributed by atoms with Crippen LogP contribution in [0.25, 0.3) is 0 Å². The minimum Gasteiger partial charge on any atom is -0.488 e. The van der Waals surface area contributed by atoms with Gasteiger partial charge in [0.05, 0.1) is 6.04 Å². The number of amides is 2. The van der Waals surface area contributed by atoms with Crippen LogP contribution in [0.15, 0.2) is 18.2 Å². The zero-order valence-electron chi connectivity index (χ0n) is 17.4. The van der Waals surface area contributed by atoms with E-state index in [4.69, 9.17) is 4.74 Å². The van der Waals surface area contributed by atoms with E-state index in [0.29, 0.717) is 24.3 Å². The van der Waals surface area contributed by atoms with Gasteiger partial charge in [0.1, 0.15) is 12.4 Å². The molecule has 5 nitrogen and oxygen atoms in total. The van der Waals surface area contributed by atoms with Gasteiger partial charge in [-0.3, -0.25) is 9.59 Å². The molecule has 4 saturated carbocycles. The highest BCUT2D eigenvalue weighted by Crippen LogP contribution is 2.60. The summed E-state index contributed by atoms with van der Waals surface area (Å²) in [6.45, 7) is 2.12. The number of ether oxygens (including phenoxy) is 1. The van der Waals surface area contributed by atoms with Crippen molar-refractivity contribution in [3.63, 3.8) is 0 Å². The Morgan fingerprint density at radius 3 is 2.37 bits per heavy atom. The lowest BCUT2D eigenvalue weighted by molar-refractivity contribution is -0.146. The van der Waals surface area contributed by atoms with Crippen LogP contribution in [0.4, 0.5) is 8.78 Å². The van der Waals surface area contributed by atoms with E-state index >= 15 is 0 Å². The molecular formula is C23H30F2N2O3. The van der Waals surface area contributed by atoms with Crippen LogP contribution in [0.5, 0.6) is 5.75 Å². The number of hydrogen-bond donors (Lipinski definition) is 2. The summed E-state index contributed by atoms with van der Waals surface area (Å²) in [5.41, 5.74) is -0.203. The average molecular weight is 421 g/mol. The van der Waals surface area contributed by atoms with E-state index in [1.807, 2.05) is 0 Å². The maximum atomic E-state index is 13.6. The van der Waals surface area contributed by atoms with Gasteiger partial charge in [-0.15, -0.1) is 0 Å². The zero-order valence-corrected chi connectivity index (χ0v) is 17.4.